The molecule has 0 unspecified atom stereocenters. The van der Waals surface area contributed by atoms with Gasteiger partial charge in [-0.2, -0.15) is 0 Å². The maximum atomic E-state index is 12.1. The van der Waals surface area contributed by atoms with Gasteiger partial charge in [-0.15, -0.1) is 5.10 Å². The Balaban J connectivity index is 1.39. The van der Waals surface area contributed by atoms with E-state index in [1.807, 2.05) is 42.5 Å². The molecule has 1 amide bonds. The summed E-state index contributed by atoms with van der Waals surface area (Å²) in [6, 6.07) is 15.4. The highest BCUT2D eigenvalue weighted by molar-refractivity contribution is 7.22. The van der Waals surface area contributed by atoms with Crippen molar-refractivity contribution in [2.75, 3.05) is 5.32 Å². The van der Waals surface area contributed by atoms with Crippen LogP contribution in [0.4, 0.5) is 5.13 Å². The summed E-state index contributed by atoms with van der Waals surface area (Å²) in [5.74, 6) is -0.280. The predicted molar refractivity (Wildman–Crippen MR) is 108 cm³/mol. The van der Waals surface area contributed by atoms with Crippen molar-refractivity contribution < 1.29 is 4.79 Å². The maximum absolute atomic E-state index is 12.1. The Hall–Kier alpha value is -3.03. The summed E-state index contributed by atoms with van der Waals surface area (Å²) in [5, 5.41) is 12.0. The molecule has 0 saturated carbocycles. The molecule has 27 heavy (non-hydrogen) atoms. The lowest BCUT2D eigenvalue weighted by atomic mass is 10.2. The minimum absolute atomic E-state index is 0.280. The van der Waals surface area contributed by atoms with Gasteiger partial charge in [-0.25, -0.2) is 9.67 Å². The van der Waals surface area contributed by atoms with Crippen molar-refractivity contribution in [3.63, 3.8) is 0 Å². The Morgan fingerprint density at radius 2 is 2.07 bits per heavy atom. The minimum Gasteiger partial charge on any atom is -0.298 e. The number of fused-ring (bicyclic) bond motifs is 1. The molecule has 8 heteroatoms. The number of rotatable bonds is 5. The average Bonchev–Trinajstić information content (AvgIpc) is 3.26. The number of halogens is 1. The fourth-order valence-corrected chi connectivity index (χ4v) is 3.64. The van der Waals surface area contributed by atoms with Crippen LogP contribution in [-0.4, -0.2) is 25.9 Å². The van der Waals surface area contributed by atoms with E-state index in [0.717, 1.165) is 15.8 Å². The van der Waals surface area contributed by atoms with Crippen molar-refractivity contribution in [3.8, 4) is 0 Å². The van der Waals surface area contributed by atoms with E-state index in [0.29, 0.717) is 22.4 Å². The Kier molecular flexibility index (Phi) is 4.95. The molecular formula is C19H14ClN5OS. The average molecular weight is 396 g/mol. The van der Waals surface area contributed by atoms with Crippen LogP contribution in [0.5, 0.6) is 0 Å². The summed E-state index contributed by atoms with van der Waals surface area (Å²) in [6.07, 6.45) is 4.82. The smallest absolute Gasteiger partial charge is 0.250 e. The summed E-state index contributed by atoms with van der Waals surface area (Å²) >= 11 is 7.34. The van der Waals surface area contributed by atoms with Gasteiger partial charge in [0.25, 0.3) is 0 Å². The van der Waals surface area contributed by atoms with E-state index in [1.54, 1.807) is 23.0 Å². The van der Waals surface area contributed by atoms with Crippen molar-refractivity contribution in [1.82, 2.24) is 20.0 Å². The van der Waals surface area contributed by atoms with Gasteiger partial charge in [-0.1, -0.05) is 58.5 Å². The SMILES string of the molecule is O=C(/C=C/c1cn(Cc2ccccc2)nn1)Nc1nc2ccc(Cl)cc2s1. The molecule has 2 heterocycles. The molecule has 134 valence electrons. The fourth-order valence-electron chi connectivity index (χ4n) is 2.50. The van der Waals surface area contributed by atoms with E-state index in [9.17, 15) is 4.79 Å². The fraction of sp³-hybridized carbons (Fsp3) is 0.0526. The molecule has 6 nitrogen and oxygen atoms in total. The number of amides is 1. The first-order chi connectivity index (χ1) is 13.2. The third kappa shape index (κ3) is 4.39. The number of hydrogen-bond donors (Lipinski definition) is 1. The number of carbonyl (C=O) groups excluding carboxylic acids is 1. The van der Waals surface area contributed by atoms with E-state index >= 15 is 0 Å². The molecule has 0 radical (unpaired) electrons. The highest BCUT2D eigenvalue weighted by Crippen LogP contribution is 2.28. The Morgan fingerprint density at radius 3 is 2.93 bits per heavy atom. The predicted octanol–water partition coefficient (Wildman–Crippen LogP) is 4.24. The van der Waals surface area contributed by atoms with Gasteiger partial charge in [0.05, 0.1) is 23.0 Å². The second-order valence-electron chi connectivity index (χ2n) is 5.78. The number of hydrogen-bond acceptors (Lipinski definition) is 5. The van der Waals surface area contributed by atoms with Crippen molar-refractivity contribution in [2.24, 2.45) is 0 Å². The number of thiazole rings is 1. The molecular weight excluding hydrogens is 382 g/mol. The molecule has 4 aromatic rings. The Bertz CT molecular complexity index is 1120. The van der Waals surface area contributed by atoms with Crippen LogP contribution in [0.2, 0.25) is 5.02 Å². The molecule has 2 aromatic carbocycles. The van der Waals surface area contributed by atoms with Crippen LogP contribution in [0.15, 0.2) is 60.8 Å². The van der Waals surface area contributed by atoms with Crippen LogP contribution in [0, 0.1) is 0 Å². The topological polar surface area (TPSA) is 72.7 Å². The highest BCUT2D eigenvalue weighted by atomic mass is 35.5. The Labute approximate surface area is 164 Å². The second kappa shape index (κ2) is 7.69. The van der Waals surface area contributed by atoms with Gasteiger partial charge in [-0.05, 0) is 29.8 Å². The third-order valence-electron chi connectivity index (χ3n) is 3.73. The largest absolute Gasteiger partial charge is 0.298 e. The van der Waals surface area contributed by atoms with Crippen LogP contribution in [0.25, 0.3) is 16.3 Å². The van der Waals surface area contributed by atoms with E-state index in [2.05, 4.69) is 20.6 Å². The number of nitrogens with zero attached hydrogens (tertiary/aromatic N) is 4. The zero-order valence-electron chi connectivity index (χ0n) is 14.0. The lowest BCUT2D eigenvalue weighted by Crippen LogP contribution is -2.07. The third-order valence-corrected chi connectivity index (χ3v) is 4.90. The first kappa shape index (κ1) is 17.4. The lowest BCUT2D eigenvalue weighted by molar-refractivity contribution is -0.111. The standard InChI is InChI=1S/C19H14ClN5OS/c20-14-6-8-16-17(10-14)27-19(21-16)22-18(26)9-7-15-12-25(24-23-15)11-13-4-2-1-3-5-13/h1-10,12H,11H2,(H,21,22,26)/b9-7+. The monoisotopic (exact) mass is 395 g/mol. The van der Waals surface area contributed by atoms with Gasteiger partial charge in [0.2, 0.25) is 5.91 Å². The summed E-state index contributed by atoms with van der Waals surface area (Å²) in [4.78, 5) is 16.5. The first-order valence-electron chi connectivity index (χ1n) is 8.15. The minimum atomic E-state index is -0.280. The van der Waals surface area contributed by atoms with Gasteiger partial charge in [0, 0.05) is 11.1 Å². The second-order valence-corrected chi connectivity index (χ2v) is 7.25. The van der Waals surface area contributed by atoms with Gasteiger partial charge in [0.1, 0.15) is 5.69 Å². The summed E-state index contributed by atoms with van der Waals surface area (Å²) in [5.41, 5.74) is 2.54. The summed E-state index contributed by atoms with van der Waals surface area (Å²) in [6.45, 7) is 0.627. The van der Waals surface area contributed by atoms with Gasteiger partial charge in [0.15, 0.2) is 5.13 Å². The van der Waals surface area contributed by atoms with Crippen molar-refractivity contribution >= 4 is 50.3 Å². The van der Waals surface area contributed by atoms with Crippen molar-refractivity contribution in [2.45, 2.75) is 6.54 Å². The molecule has 4 rings (SSSR count). The highest BCUT2D eigenvalue weighted by Gasteiger charge is 2.07. The van der Waals surface area contributed by atoms with E-state index < -0.39 is 0 Å². The van der Waals surface area contributed by atoms with E-state index in [-0.39, 0.29) is 5.91 Å². The molecule has 0 aliphatic carbocycles. The Morgan fingerprint density at radius 1 is 1.22 bits per heavy atom. The summed E-state index contributed by atoms with van der Waals surface area (Å²) in [7, 11) is 0. The molecule has 0 saturated heterocycles. The molecule has 2 aromatic heterocycles. The van der Waals surface area contributed by atoms with E-state index in [4.69, 9.17) is 11.6 Å². The van der Waals surface area contributed by atoms with Crippen molar-refractivity contribution in [1.29, 1.82) is 0 Å². The molecule has 0 atom stereocenters. The van der Waals surface area contributed by atoms with Crippen LogP contribution >= 0.6 is 22.9 Å². The number of benzene rings is 2. The molecule has 0 fully saturated rings. The van der Waals surface area contributed by atoms with Crippen molar-refractivity contribution in [3.05, 3.63) is 77.1 Å². The number of carbonyl (C=O) groups is 1. The van der Waals surface area contributed by atoms with Crippen LogP contribution in [0.3, 0.4) is 0 Å². The van der Waals surface area contributed by atoms with Gasteiger partial charge < -0.3 is 0 Å². The summed E-state index contributed by atoms with van der Waals surface area (Å²) < 4.78 is 2.65. The maximum Gasteiger partial charge on any atom is 0.250 e. The number of nitrogens with one attached hydrogen (secondary N) is 1. The van der Waals surface area contributed by atoms with Crippen LogP contribution in [-0.2, 0) is 11.3 Å². The molecule has 0 aliphatic rings. The number of anilines is 1. The molecule has 0 bridgehead atoms. The van der Waals surface area contributed by atoms with E-state index in [1.165, 1.54) is 17.4 Å². The normalized spacial score (nSPS) is 11.3. The van der Waals surface area contributed by atoms with Crippen LogP contribution in [0.1, 0.15) is 11.3 Å². The number of aromatic nitrogens is 4. The van der Waals surface area contributed by atoms with Gasteiger partial charge in [-0.3, -0.25) is 10.1 Å². The molecule has 0 aliphatic heterocycles. The lowest BCUT2D eigenvalue weighted by Gasteiger charge is -1.98. The van der Waals surface area contributed by atoms with Crippen LogP contribution < -0.4 is 5.32 Å². The first-order valence-corrected chi connectivity index (χ1v) is 9.34. The zero-order chi connectivity index (χ0) is 18.6. The quantitative estimate of drug-likeness (QED) is 0.513. The molecule has 0 spiro atoms. The zero-order valence-corrected chi connectivity index (χ0v) is 15.6. The van der Waals surface area contributed by atoms with Gasteiger partial charge >= 0.3 is 0 Å². The molecule has 1 N–H and O–H groups in total.